The van der Waals surface area contributed by atoms with Crippen LogP contribution < -0.4 is 9.80 Å². The molecule has 5 nitrogen and oxygen atoms in total. The summed E-state index contributed by atoms with van der Waals surface area (Å²) in [6, 6.07) is 0.589. The molecule has 1 saturated heterocycles. The minimum atomic E-state index is 0.289. The number of piperidine rings is 1. The van der Waals surface area contributed by atoms with Gasteiger partial charge in [0.1, 0.15) is 0 Å². The Kier molecular flexibility index (Phi) is 3.96. The summed E-state index contributed by atoms with van der Waals surface area (Å²) in [6.45, 7) is 1.04. The van der Waals surface area contributed by atoms with Crippen LogP contribution in [0.5, 0.6) is 0 Å². The van der Waals surface area contributed by atoms with Gasteiger partial charge in [0.05, 0.1) is 0 Å². The number of hydrogen-bond acceptors (Lipinski definition) is 5. The number of aromatic nitrogens is 3. The smallest absolute Gasteiger partial charge is 0.231 e. The Morgan fingerprint density at radius 1 is 1.05 bits per heavy atom. The molecule has 2 unspecified atom stereocenters. The fourth-order valence-electron chi connectivity index (χ4n) is 3.53. The monoisotopic (exact) mass is 295 g/mol. The summed E-state index contributed by atoms with van der Waals surface area (Å²) in [5, 5.41) is 0.289. The van der Waals surface area contributed by atoms with Crippen molar-refractivity contribution in [1.29, 1.82) is 0 Å². The van der Waals surface area contributed by atoms with Crippen molar-refractivity contribution >= 4 is 23.5 Å². The highest BCUT2D eigenvalue weighted by Crippen LogP contribution is 2.37. The van der Waals surface area contributed by atoms with Crippen molar-refractivity contribution in [1.82, 2.24) is 15.0 Å². The van der Waals surface area contributed by atoms with E-state index in [9.17, 15) is 0 Å². The van der Waals surface area contributed by atoms with Gasteiger partial charge in [0.15, 0.2) is 0 Å². The Morgan fingerprint density at radius 2 is 1.80 bits per heavy atom. The van der Waals surface area contributed by atoms with Gasteiger partial charge in [-0.05, 0) is 43.2 Å². The second kappa shape index (κ2) is 5.72. The van der Waals surface area contributed by atoms with Gasteiger partial charge in [-0.1, -0.05) is 12.8 Å². The van der Waals surface area contributed by atoms with Gasteiger partial charge in [0.25, 0.3) is 0 Å². The van der Waals surface area contributed by atoms with Crippen molar-refractivity contribution in [3.63, 3.8) is 0 Å². The molecule has 3 rings (SSSR count). The maximum absolute atomic E-state index is 6.07. The number of nitrogens with zero attached hydrogens (tertiary/aromatic N) is 5. The van der Waals surface area contributed by atoms with Gasteiger partial charge in [-0.2, -0.15) is 15.0 Å². The molecule has 2 fully saturated rings. The molecular formula is C14H22ClN5. The van der Waals surface area contributed by atoms with Crippen molar-refractivity contribution in [3.05, 3.63) is 5.28 Å². The quantitative estimate of drug-likeness (QED) is 0.839. The zero-order valence-electron chi connectivity index (χ0n) is 12.2. The predicted molar refractivity (Wildman–Crippen MR) is 81.5 cm³/mol. The topological polar surface area (TPSA) is 45.2 Å². The lowest BCUT2D eigenvalue weighted by atomic mass is 9.78. The first-order valence-corrected chi connectivity index (χ1v) is 7.88. The molecule has 0 aromatic carbocycles. The average Bonchev–Trinajstić information content (AvgIpc) is 2.46. The molecule has 20 heavy (non-hydrogen) atoms. The molecule has 2 atom stereocenters. The standard InChI is InChI=1S/C14H22ClN5/c1-19(2)13-16-12(15)17-14(18-13)20-9-5-7-10-6-3-4-8-11(10)20/h10-11H,3-9H2,1-2H3. The van der Waals surface area contributed by atoms with Crippen molar-refractivity contribution in [3.8, 4) is 0 Å². The zero-order valence-corrected chi connectivity index (χ0v) is 13.0. The number of hydrogen-bond donors (Lipinski definition) is 0. The summed E-state index contributed by atoms with van der Waals surface area (Å²) >= 11 is 6.07. The second-order valence-electron chi connectivity index (χ2n) is 6.05. The van der Waals surface area contributed by atoms with Crippen LogP contribution >= 0.6 is 11.6 Å². The molecule has 0 amide bonds. The van der Waals surface area contributed by atoms with Crippen LogP contribution in [-0.4, -0.2) is 41.6 Å². The highest BCUT2D eigenvalue weighted by Gasteiger charge is 2.34. The van der Waals surface area contributed by atoms with E-state index < -0.39 is 0 Å². The van der Waals surface area contributed by atoms with Gasteiger partial charge in [0, 0.05) is 26.7 Å². The molecule has 1 aromatic heterocycles. The molecule has 110 valence electrons. The summed E-state index contributed by atoms with van der Waals surface area (Å²) in [5.74, 6) is 2.19. The van der Waals surface area contributed by atoms with Gasteiger partial charge in [-0.15, -0.1) is 0 Å². The molecule has 1 aromatic rings. The minimum absolute atomic E-state index is 0.289. The van der Waals surface area contributed by atoms with E-state index in [0.717, 1.165) is 18.4 Å². The Labute approximate surface area is 125 Å². The third kappa shape index (κ3) is 2.68. The third-order valence-electron chi connectivity index (χ3n) is 4.48. The molecule has 2 aliphatic rings. The van der Waals surface area contributed by atoms with Crippen molar-refractivity contribution in [2.75, 3.05) is 30.4 Å². The largest absolute Gasteiger partial charge is 0.347 e. The summed E-state index contributed by atoms with van der Waals surface area (Å²) < 4.78 is 0. The van der Waals surface area contributed by atoms with Crippen LogP contribution in [0.3, 0.4) is 0 Å². The van der Waals surface area contributed by atoms with E-state index in [1.54, 1.807) is 0 Å². The third-order valence-corrected chi connectivity index (χ3v) is 4.65. The summed E-state index contributed by atoms with van der Waals surface area (Å²) in [5.41, 5.74) is 0. The highest BCUT2D eigenvalue weighted by atomic mass is 35.5. The van der Waals surface area contributed by atoms with Crippen LogP contribution in [0.4, 0.5) is 11.9 Å². The molecule has 0 radical (unpaired) electrons. The van der Waals surface area contributed by atoms with Crippen LogP contribution in [0.1, 0.15) is 38.5 Å². The normalized spacial score (nSPS) is 26.2. The fourth-order valence-corrected chi connectivity index (χ4v) is 3.68. The van der Waals surface area contributed by atoms with E-state index in [4.69, 9.17) is 11.6 Å². The predicted octanol–water partition coefficient (Wildman–Crippen LogP) is 2.75. The molecule has 2 heterocycles. The molecule has 1 aliphatic carbocycles. The lowest BCUT2D eigenvalue weighted by Crippen LogP contribution is -2.47. The van der Waals surface area contributed by atoms with Gasteiger partial charge in [-0.25, -0.2) is 0 Å². The van der Waals surface area contributed by atoms with E-state index in [1.165, 1.54) is 38.5 Å². The summed E-state index contributed by atoms with van der Waals surface area (Å²) in [4.78, 5) is 17.4. The van der Waals surface area contributed by atoms with Gasteiger partial charge < -0.3 is 9.80 Å². The lowest BCUT2D eigenvalue weighted by Gasteiger charge is -2.44. The maximum atomic E-state index is 6.07. The first-order valence-electron chi connectivity index (χ1n) is 7.50. The van der Waals surface area contributed by atoms with Gasteiger partial charge >= 0.3 is 0 Å². The van der Waals surface area contributed by atoms with Crippen LogP contribution in [-0.2, 0) is 0 Å². The van der Waals surface area contributed by atoms with Crippen LogP contribution in [0.2, 0.25) is 5.28 Å². The van der Waals surface area contributed by atoms with Crippen molar-refractivity contribution < 1.29 is 0 Å². The van der Waals surface area contributed by atoms with Crippen LogP contribution in [0.15, 0.2) is 0 Å². The minimum Gasteiger partial charge on any atom is -0.347 e. The Morgan fingerprint density at radius 3 is 2.60 bits per heavy atom. The number of halogens is 1. The second-order valence-corrected chi connectivity index (χ2v) is 6.38. The van der Waals surface area contributed by atoms with E-state index in [1.807, 2.05) is 19.0 Å². The van der Waals surface area contributed by atoms with E-state index >= 15 is 0 Å². The fraction of sp³-hybridized carbons (Fsp3) is 0.786. The first-order chi connectivity index (χ1) is 9.65. The lowest BCUT2D eigenvalue weighted by molar-refractivity contribution is 0.241. The SMILES string of the molecule is CN(C)c1nc(Cl)nc(N2CCCC3CCCCC32)n1. The average molecular weight is 296 g/mol. The Balaban J connectivity index is 1.90. The van der Waals surface area contributed by atoms with E-state index in [-0.39, 0.29) is 5.28 Å². The molecule has 0 N–H and O–H groups in total. The number of anilines is 2. The van der Waals surface area contributed by atoms with Gasteiger partial charge in [-0.3, -0.25) is 0 Å². The first kappa shape index (κ1) is 13.9. The van der Waals surface area contributed by atoms with E-state index in [0.29, 0.717) is 12.0 Å². The van der Waals surface area contributed by atoms with Crippen LogP contribution in [0.25, 0.3) is 0 Å². The highest BCUT2D eigenvalue weighted by molar-refractivity contribution is 6.28. The van der Waals surface area contributed by atoms with Crippen molar-refractivity contribution in [2.45, 2.75) is 44.6 Å². The molecule has 6 heteroatoms. The summed E-state index contributed by atoms with van der Waals surface area (Å²) in [7, 11) is 3.85. The van der Waals surface area contributed by atoms with Crippen LogP contribution in [0, 0.1) is 5.92 Å². The molecule has 0 spiro atoms. The molecular weight excluding hydrogens is 274 g/mol. The Bertz CT molecular complexity index is 477. The zero-order chi connectivity index (χ0) is 14.1. The van der Waals surface area contributed by atoms with E-state index in [2.05, 4.69) is 19.9 Å². The molecule has 1 aliphatic heterocycles. The molecule has 1 saturated carbocycles. The number of rotatable bonds is 2. The Hall–Kier alpha value is -1.10. The molecule has 0 bridgehead atoms. The van der Waals surface area contributed by atoms with Crippen molar-refractivity contribution in [2.24, 2.45) is 5.92 Å². The number of fused-ring (bicyclic) bond motifs is 1. The van der Waals surface area contributed by atoms with Gasteiger partial charge in [0.2, 0.25) is 17.2 Å². The summed E-state index contributed by atoms with van der Waals surface area (Å²) in [6.07, 6.45) is 7.86. The maximum Gasteiger partial charge on any atom is 0.231 e.